The van der Waals surface area contributed by atoms with Gasteiger partial charge in [0.05, 0.1) is 16.0 Å². The summed E-state index contributed by atoms with van der Waals surface area (Å²) in [5.74, 6) is -0.987. The highest BCUT2D eigenvalue weighted by molar-refractivity contribution is 7.92. The Morgan fingerprint density at radius 1 is 0.944 bits per heavy atom. The standard InChI is InChI=1S/C21H16F4N4O6S/c22-20(23)34-15-7-6-13(19(10-15)35-21(24)25)12-26-27-17-9-8-16(11-18(17)29(30)31)36(32,33)28-14-4-2-1-3-5-14/h1-12,20-21,27-28H. The molecular weight excluding hydrogens is 512 g/mol. The van der Waals surface area contributed by atoms with Gasteiger partial charge in [-0.15, -0.1) is 0 Å². The Hall–Kier alpha value is -4.40. The molecule has 0 aliphatic heterocycles. The van der Waals surface area contributed by atoms with Crippen molar-refractivity contribution in [2.45, 2.75) is 18.1 Å². The molecule has 0 unspecified atom stereocenters. The minimum atomic E-state index is -4.15. The quantitative estimate of drug-likeness (QED) is 0.154. The maximum Gasteiger partial charge on any atom is 0.387 e. The molecule has 15 heteroatoms. The first-order chi connectivity index (χ1) is 17.0. The fourth-order valence-corrected chi connectivity index (χ4v) is 3.89. The Morgan fingerprint density at radius 3 is 2.28 bits per heavy atom. The van der Waals surface area contributed by atoms with E-state index in [4.69, 9.17) is 0 Å². The molecular formula is C21H16F4N4O6S. The van der Waals surface area contributed by atoms with Crippen LogP contribution in [0, 0.1) is 10.1 Å². The van der Waals surface area contributed by atoms with Crippen LogP contribution in [-0.4, -0.2) is 32.8 Å². The zero-order valence-electron chi connectivity index (χ0n) is 17.8. The van der Waals surface area contributed by atoms with Crippen molar-refractivity contribution in [2.75, 3.05) is 10.1 Å². The van der Waals surface area contributed by atoms with E-state index in [-0.39, 0.29) is 16.9 Å². The highest BCUT2D eigenvalue weighted by atomic mass is 32.2. The molecule has 3 aromatic rings. The summed E-state index contributed by atoms with van der Waals surface area (Å²) in [4.78, 5) is 10.3. The van der Waals surface area contributed by atoms with Crippen LogP contribution in [0.2, 0.25) is 0 Å². The Bertz CT molecular complexity index is 1360. The molecule has 0 fully saturated rings. The van der Waals surface area contributed by atoms with Crippen molar-refractivity contribution in [2.24, 2.45) is 5.10 Å². The van der Waals surface area contributed by atoms with Crippen LogP contribution >= 0.6 is 0 Å². The number of anilines is 2. The average molecular weight is 528 g/mol. The number of hydrazone groups is 1. The van der Waals surface area contributed by atoms with Gasteiger partial charge in [0.1, 0.15) is 17.2 Å². The van der Waals surface area contributed by atoms with Crippen LogP contribution in [0.1, 0.15) is 5.56 Å². The normalized spacial score (nSPS) is 11.6. The van der Waals surface area contributed by atoms with E-state index in [1.165, 1.54) is 12.1 Å². The predicted molar refractivity (Wildman–Crippen MR) is 121 cm³/mol. The molecule has 0 spiro atoms. The first-order valence-corrected chi connectivity index (χ1v) is 11.2. The van der Waals surface area contributed by atoms with Crippen LogP contribution < -0.4 is 19.6 Å². The highest BCUT2D eigenvalue weighted by Gasteiger charge is 2.22. The molecule has 36 heavy (non-hydrogen) atoms. The second-order valence-electron chi connectivity index (χ2n) is 6.73. The maximum absolute atomic E-state index is 12.7. The Balaban J connectivity index is 1.84. The lowest BCUT2D eigenvalue weighted by Crippen LogP contribution is -2.13. The number of benzene rings is 3. The molecule has 0 aliphatic rings. The number of alkyl halides is 4. The van der Waals surface area contributed by atoms with Crippen molar-refractivity contribution in [3.05, 3.63) is 82.4 Å². The summed E-state index contributed by atoms with van der Waals surface area (Å²) < 4.78 is 86.0. The van der Waals surface area contributed by atoms with Crippen molar-refractivity contribution >= 4 is 33.3 Å². The van der Waals surface area contributed by atoms with Crippen molar-refractivity contribution in [1.29, 1.82) is 0 Å². The third-order valence-electron chi connectivity index (χ3n) is 4.32. The molecule has 0 heterocycles. The lowest BCUT2D eigenvalue weighted by Gasteiger charge is -2.11. The van der Waals surface area contributed by atoms with Crippen molar-refractivity contribution in [1.82, 2.24) is 0 Å². The first-order valence-electron chi connectivity index (χ1n) is 9.74. The average Bonchev–Trinajstić information content (AvgIpc) is 2.80. The topological polar surface area (TPSA) is 132 Å². The van der Waals surface area contributed by atoms with E-state index in [1.54, 1.807) is 18.2 Å². The van der Waals surface area contributed by atoms with Crippen LogP contribution in [-0.2, 0) is 10.0 Å². The largest absolute Gasteiger partial charge is 0.435 e. The monoisotopic (exact) mass is 528 g/mol. The van der Waals surface area contributed by atoms with Gasteiger partial charge in [0.15, 0.2) is 0 Å². The van der Waals surface area contributed by atoms with Gasteiger partial charge >= 0.3 is 13.2 Å². The van der Waals surface area contributed by atoms with Gasteiger partial charge in [-0.05, 0) is 36.4 Å². The van der Waals surface area contributed by atoms with Crippen LogP contribution in [0.25, 0.3) is 0 Å². The summed E-state index contributed by atoms with van der Waals surface area (Å²) in [6, 6.07) is 13.8. The van der Waals surface area contributed by atoms with Crippen LogP contribution in [0.4, 0.5) is 34.6 Å². The van der Waals surface area contributed by atoms with Crippen molar-refractivity contribution < 1.29 is 40.4 Å². The second-order valence-corrected chi connectivity index (χ2v) is 8.42. The molecule has 2 N–H and O–H groups in total. The van der Waals surface area contributed by atoms with Gasteiger partial charge in [-0.3, -0.25) is 20.3 Å². The van der Waals surface area contributed by atoms with E-state index in [9.17, 15) is 36.1 Å². The molecule has 190 valence electrons. The number of rotatable bonds is 11. The minimum absolute atomic E-state index is 0.0988. The highest BCUT2D eigenvalue weighted by Crippen LogP contribution is 2.29. The number of para-hydroxylation sites is 1. The van der Waals surface area contributed by atoms with Gasteiger partial charge in [0, 0.05) is 23.4 Å². The molecule has 0 saturated carbocycles. The van der Waals surface area contributed by atoms with Gasteiger partial charge < -0.3 is 9.47 Å². The number of halogens is 4. The van der Waals surface area contributed by atoms with E-state index < -0.39 is 50.3 Å². The molecule has 0 aliphatic carbocycles. The smallest absolute Gasteiger partial charge is 0.387 e. The van der Waals surface area contributed by atoms with Crippen LogP contribution in [0.3, 0.4) is 0 Å². The summed E-state index contributed by atoms with van der Waals surface area (Å²) in [5.41, 5.74) is 1.60. The second kappa shape index (κ2) is 11.4. The van der Waals surface area contributed by atoms with Gasteiger partial charge in [-0.1, -0.05) is 18.2 Å². The molecule has 0 atom stereocenters. The number of hydrogen-bond donors (Lipinski definition) is 2. The fourth-order valence-electron chi connectivity index (χ4n) is 2.81. The number of sulfonamides is 1. The SMILES string of the molecule is O=[N+]([O-])c1cc(S(=O)(=O)Nc2ccccc2)ccc1NN=Cc1ccc(OC(F)F)cc1OC(F)F. The molecule has 0 bridgehead atoms. The van der Waals surface area contributed by atoms with Crippen molar-refractivity contribution in [3.63, 3.8) is 0 Å². The van der Waals surface area contributed by atoms with E-state index in [1.807, 2.05) is 0 Å². The zero-order valence-corrected chi connectivity index (χ0v) is 18.7. The van der Waals surface area contributed by atoms with Gasteiger partial charge in [-0.2, -0.15) is 22.7 Å². The summed E-state index contributed by atoms with van der Waals surface area (Å²) in [5, 5.41) is 15.2. The number of nitrogens with zero attached hydrogens (tertiary/aromatic N) is 2. The summed E-state index contributed by atoms with van der Waals surface area (Å²) >= 11 is 0. The Labute approximate surface area is 201 Å². The number of hydrogen-bond acceptors (Lipinski definition) is 8. The summed E-state index contributed by atoms with van der Waals surface area (Å²) in [6.45, 7) is -6.48. The third-order valence-corrected chi connectivity index (χ3v) is 5.70. The number of nitro benzene ring substituents is 1. The number of nitrogens with one attached hydrogen (secondary N) is 2. The molecule has 0 radical (unpaired) electrons. The van der Waals surface area contributed by atoms with E-state index in [0.29, 0.717) is 0 Å². The molecule has 0 saturated heterocycles. The molecule has 0 amide bonds. The summed E-state index contributed by atoms with van der Waals surface area (Å²) in [6.07, 6.45) is 0.940. The minimum Gasteiger partial charge on any atom is -0.435 e. The molecule has 3 aromatic carbocycles. The van der Waals surface area contributed by atoms with E-state index in [2.05, 4.69) is 24.7 Å². The van der Waals surface area contributed by atoms with Crippen molar-refractivity contribution in [3.8, 4) is 11.5 Å². The Kier molecular flexibility index (Phi) is 8.26. The van der Waals surface area contributed by atoms with E-state index in [0.717, 1.165) is 42.6 Å². The maximum atomic E-state index is 12.7. The fraction of sp³-hybridized carbons (Fsp3) is 0.0952. The Morgan fingerprint density at radius 2 is 1.64 bits per heavy atom. The molecule has 3 rings (SSSR count). The lowest BCUT2D eigenvalue weighted by molar-refractivity contribution is -0.384. The van der Waals surface area contributed by atoms with Crippen LogP contribution in [0.5, 0.6) is 11.5 Å². The molecule has 0 aromatic heterocycles. The lowest BCUT2D eigenvalue weighted by atomic mass is 10.2. The third kappa shape index (κ3) is 7.05. The number of nitro groups is 1. The van der Waals surface area contributed by atoms with Gasteiger partial charge in [-0.25, -0.2) is 8.42 Å². The predicted octanol–water partition coefficient (Wildman–Crippen LogP) is 5.04. The zero-order chi connectivity index (χ0) is 26.3. The van der Waals surface area contributed by atoms with E-state index >= 15 is 0 Å². The molecule has 10 nitrogen and oxygen atoms in total. The first kappa shape index (κ1) is 26.2. The van der Waals surface area contributed by atoms with Gasteiger partial charge in [0.25, 0.3) is 15.7 Å². The number of ether oxygens (including phenoxy) is 2. The summed E-state index contributed by atoms with van der Waals surface area (Å²) in [7, 11) is -4.15. The van der Waals surface area contributed by atoms with Crippen LogP contribution in [0.15, 0.2) is 76.7 Å². The van der Waals surface area contributed by atoms with Gasteiger partial charge in [0.2, 0.25) is 0 Å².